The fourth-order valence-corrected chi connectivity index (χ4v) is 5.90. The van der Waals surface area contributed by atoms with E-state index in [0.717, 1.165) is 48.6 Å². The summed E-state index contributed by atoms with van der Waals surface area (Å²) in [6.07, 6.45) is 6.20. The number of benzene rings is 1. The topological polar surface area (TPSA) is 122 Å². The molecule has 0 saturated heterocycles. The number of anilines is 1. The van der Waals surface area contributed by atoms with Gasteiger partial charge in [0.05, 0.1) is 20.8 Å². The van der Waals surface area contributed by atoms with Gasteiger partial charge >= 0.3 is 0 Å². The summed E-state index contributed by atoms with van der Waals surface area (Å²) < 4.78 is 27.9. The molecule has 3 N–H and O–H groups in total. The second-order valence-corrected chi connectivity index (χ2v) is 11.8. The number of hydrogen-bond acceptors (Lipinski definition) is 6. The third-order valence-electron chi connectivity index (χ3n) is 7.35. The molecule has 2 fully saturated rings. The SMILES string of the molecule is C=CC(=O)Cl.C=CC(=O)NC1CC(n2c(NC(=O)c3ccc(C(F)F)s3)nc3cc(C(=O)NC4CCCCC4)ccc32)C1. The number of nitrogens with zero attached hydrogens (tertiary/aromatic N) is 2. The summed E-state index contributed by atoms with van der Waals surface area (Å²) in [5.74, 6) is -0.684. The smallest absolute Gasteiger partial charge is 0.272 e. The van der Waals surface area contributed by atoms with E-state index in [1.54, 1.807) is 12.1 Å². The van der Waals surface area contributed by atoms with Crippen molar-refractivity contribution in [1.29, 1.82) is 0 Å². The molecule has 0 spiro atoms. The summed E-state index contributed by atoms with van der Waals surface area (Å²) in [5.41, 5.74) is 1.75. The van der Waals surface area contributed by atoms with Gasteiger partial charge in [0.25, 0.3) is 18.2 Å². The van der Waals surface area contributed by atoms with Gasteiger partial charge in [0, 0.05) is 23.7 Å². The molecule has 9 nitrogen and oxygen atoms in total. The Morgan fingerprint density at radius 1 is 0.977 bits per heavy atom. The lowest BCUT2D eigenvalue weighted by Gasteiger charge is -2.37. The van der Waals surface area contributed by atoms with Crippen LogP contribution in [0.2, 0.25) is 0 Å². The predicted molar refractivity (Wildman–Crippen MR) is 163 cm³/mol. The van der Waals surface area contributed by atoms with Gasteiger partial charge in [-0.3, -0.25) is 24.5 Å². The molecule has 3 amide bonds. The average Bonchev–Trinajstić information content (AvgIpc) is 3.60. The number of imidazole rings is 1. The summed E-state index contributed by atoms with van der Waals surface area (Å²) in [4.78, 5) is 51.6. The first-order valence-corrected chi connectivity index (χ1v) is 15.1. The minimum absolute atomic E-state index is 0.0436. The van der Waals surface area contributed by atoms with Crippen LogP contribution >= 0.6 is 22.9 Å². The van der Waals surface area contributed by atoms with E-state index in [-0.39, 0.29) is 45.6 Å². The van der Waals surface area contributed by atoms with Gasteiger partial charge in [-0.05, 0) is 79.8 Å². The molecule has 0 unspecified atom stereocenters. The number of hydrogen-bond donors (Lipinski definition) is 3. The molecule has 5 rings (SSSR count). The summed E-state index contributed by atoms with van der Waals surface area (Å²) in [5, 5.41) is 8.24. The molecule has 228 valence electrons. The van der Waals surface area contributed by atoms with Crippen molar-refractivity contribution in [3.63, 3.8) is 0 Å². The Kier molecular flexibility index (Phi) is 10.8. The van der Waals surface area contributed by atoms with Gasteiger partial charge in [-0.15, -0.1) is 11.3 Å². The molecule has 43 heavy (non-hydrogen) atoms. The highest BCUT2D eigenvalue weighted by molar-refractivity contribution is 7.14. The highest BCUT2D eigenvalue weighted by Crippen LogP contribution is 2.38. The van der Waals surface area contributed by atoms with Gasteiger partial charge in [0.1, 0.15) is 0 Å². The largest absolute Gasteiger partial charge is 0.350 e. The van der Waals surface area contributed by atoms with Gasteiger partial charge < -0.3 is 15.2 Å². The van der Waals surface area contributed by atoms with Crippen LogP contribution in [0.15, 0.2) is 55.6 Å². The number of aromatic nitrogens is 2. The van der Waals surface area contributed by atoms with E-state index in [1.165, 1.54) is 24.6 Å². The van der Waals surface area contributed by atoms with E-state index in [1.807, 2.05) is 10.6 Å². The third kappa shape index (κ3) is 8.14. The second kappa shape index (κ2) is 14.5. The fraction of sp³-hybridized carbons (Fsp3) is 0.367. The number of amides is 3. The number of fused-ring (bicyclic) bond motifs is 1. The van der Waals surface area contributed by atoms with Crippen molar-refractivity contribution in [3.8, 4) is 0 Å². The third-order valence-corrected chi connectivity index (χ3v) is 8.60. The summed E-state index contributed by atoms with van der Waals surface area (Å²) in [7, 11) is 0. The molecule has 1 aromatic carbocycles. The van der Waals surface area contributed by atoms with Gasteiger partial charge in [-0.1, -0.05) is 32.4 Å². The quantitative estimate of drug-likeness (QED) is 0.189. The van der Waals surface area contributed by atoms with Crippen LogP contribution in [-0.2, 0) is 9.59 Å². The average molecular weight is 632 g/mol. The first-order chi connectivity index (χ1) is 20.6. The van der Waals surface area contributed by atoms with Gasteiger partial charge in [0.2, 0.25) is 17.1 Å². The Morgan fingerprint density at radius 2 is 1.67 bits per heavy atom. The van der Waals surface area contributed by atoms with Crippen LogP contribution in [0.3, 0.4) is 0 Å². The first kappa shape index (κ1) is 32.0. The lowest BCUT2D eigenvalue weighted by Crippen LogP contribution is -2.44. The Hall–Kier alpha value is -3.90. The standard InChI is InChI=1S/C27H29F2N5O3S.C3H3ClO/c1-2-23(35)30-17-13-18(14-17)34-20-9-8-15(25(36)31-16-6-4-3-5-7-16)12-19(20)32-27(34)33-26(37)22-11-10-21(38-22)24(28)29;1-2-3(4)5/h2,8-12,16-18,24H,1,3-7,13-14H2,(H,30,35)(H,31,36)(H,32,33,37);2H,1H2. The normalized spacial score (nSPS) is 18.1. The summed E-state index contributed by atoms with van der Waals surface area (Å²) in [6.45, 7) is 6.55. The second-order valence-electron chi connectivity index (χ2n) is 10.3. The maximum absolute atomic E-state index is 13.0. The fourth-order valence-electron chi connectivity index (χ4n) is 5.15. The van der Waals surface area contributed by atoms with Crippen LogP contribution in [0, 0.1) is 0 Å². The number of halogens is 3. The maximum Gasteiger partial charge on any atom is 0.272 e. The number of rotatable bonds is 9. The maximum atomic E-state index is 13.0. The molecule has 2 heterocycles. The number of thiophene rings is 1. The molecule has 0 aliphatic heterocycles. The van der Waals surface area contributed by atoms with E-state index in [9.17, 15) is 28.0 Å². The minimum atomic E-state index is -2.65. The van der Waals surface area contributed by atoms with Crippen molar-refractivity contribution in [2.75, 3.05) is 5.32 Å². The highest BCUT2D eigenvalue weighted by Gasteiger charge is 2.34. The monoisotopic (exact) mass is 631 g/mol. The number of allylic oxidation sites excluding steroid dienone is 1. The highest BCUT2D eigenvalue weighted by atomic mass is 35.5. The molecule has 0 bridgehead atoms. The van der Waals surface area contributed by atoms with Gasteiger partial charge in [0.15, 0.2) is 0 Å². The van der Waals surface area contributed by atoms with E-state index in [4.69, 9.17) is 11.6 Å². The van der Waals surface area contributed by atoms with Crippen LogP contribution < -0.4 is 16.0 Å². The first-order valence-electron chi connectivity index (χ1n) is 13.9. The Bertz CT molecular complexity index is 1530. The van der Waals surface area contributed by atoms with Crippen LogP contribution in [0.25, 0.3) is 11.0 Å². The van der Waals surface area contributed by atoms with Crippen molar-refractivity contribution in [2.24, 2.45) is 0 Å². The number of carbonyl (C=O) groups excluding carboxylic acids is 4. The number of nitrogens with one attached hydrogen (secondary N) is 3. The minimum Gasteiger partial charge on any atom is -0.350 e. The lowest BCUT2D eigenvalue weighted by atomic mass is 9.86. The zero-order chi connectivity index (χ0) is 31.1. The van der Waals surface area contributed by atoms with Gasteiger partial charge in [-0.2, -0.15) is 0 Å². The van der Waals surface area contributed by atoms with E-state index in [2.05, 4.69) is 34.1 Å². The van der Waals surface area contributed by atoms with Crippen LogP contribution in [0.5, 0.6) is 0 Å². The molecule has 3 aromatic rings. The van der Waals surface area contributed by atoms with Crippen molar-refractivity contribution < 1.29 is 28.0 Å². The predicted octanol–water partition coefficient (Wildman–Crippen LogP) is 6.29. The Balaban J connectivity index is 0.000000782. The van der Waals surface area contributed by atoms with Crippen LogP contribution in [0.4, 0.5) is 14.7 Å². The summed E-state index contributed by atoms with van der Waals surface area (Å²) >= 11 is 5.44. The Morgan fingerprint density at radius 3 is 2.28 bits per heavy atom. The molecule has 2 aromatic heterocycles. The van der Waals surface area contributed by atoms with Crippen molar-refractivity contribution >= 4 is 62.9 Å². The van der Waals surface area contributed by atoms with E-state index in [0.29, 0.717) is 23.9 Å². The molecule has 0 atom stereocenters. The molecular formula is C30H32ClF2N5O4S. The molecular weight excluding hydrogens is 600 g/mol. The van der Waals surface area contributed by atoms with E-state index < -0.39 is 17.6 Å². The number of alkyl halides is 2. The van der Waals surface area contributed by atoms with Gasteiger partial charge in [-0.25, -0.2) is 13.8 Å². The molecule has 2 aliphatic rings. The zero-order valence-electron chi connectivity index (χ0n) is 23.3. The lowest BCUT2D eigenvalue weighted by molar-refractivity contribution is -0.118. The number of carbonyl (C=O) groups is 4. The van der Waals surface area contributed by atoms with Crippen molar-refractivity contribution in [2.45, 2.75) is 69.5 Å². The van der Waals surface area contributed by atoms with Crippen LogP contribution in [-0.4, -0.2) is 44.6 Å². The van der Waals surface area contributed by atoms with E-state index >= 15 is 0 Å². The molecule has 2 saturated carbocycles. The van der Waals surface area contributed by atoms with Crippen molar-refractivity contribution in [3.05, 3.63) is 71.0 Å². The van der Waals surface area contributed by atoms with Crippen LogP contribution in [0.1, 0.15) is 82.3 Å². The molecule has 13 heteroatoms. The molecule has 0 radical (unpaired) electrons. The summed E-state index contributed by atoms with van der Waals surface area (Å²) in [6, 6.07) is 7.92. The molecule has 2 aliphatic carbocycles. The zero-order valence-corrected chi connectivity index (χ0v) is 24.9. The van der Waals surface area contributed by atoms with Crippen molar-refractivity contribution in [1.82, 2.24) is 20.2 Å². The Labute approximate surface area is 256 Å².